The van der Waals surface area contributed by atoms with E-state index in [2.05, 4.69) is 0 Å². The standard InChI is InChI=1S/C14H11ClO2/c15-12-8-6-11(7-9-12)14(17)13(16)10-4-2-1-3-5-10/h1-9,13,16H/t13-/m0/s1. The smallest absolute Gasteiger partial charge is 0.195 e. The first-order valence-electron chi connectivity index (χ1n) is 5.21. The summed E-state index contributed by atoms with van der Waals surface area (Å²) in [5.74, 6) is -0.326. The monoisotopic (exact) mass is 246 g/mol. The molecule has 2 rings (SSSR count). The fraction of sp³-hybridized carbons (Fsp3) is 0.0714. The molecule has 3 heteroatoms. The Morgan fingerprint density at radius 2 is 1.59 bits per heavy atom. The molecule has 0 radical (unpaired) electrons. The zero-order valence-corrected chi connectivity index (χ0v) is 9.76. The Balaban J connectivity index is 2.23. The number of carbonyl (C=O) groups is 1. The number of hydrogen-bond acceptors (Lipinski definition) is 2. The van der Waals surface area contributed by atoms with Gasteiger partial charge in [-0.05, 0) is 29.8 Å². The Bertz CT molecular complexity index is 506. The van der Waals surface area contributed by atoms with Crippen LogP contribution in [0.3, 0.4) is 0 Å². The molecular weight excluding hydrogens is 236 g/mol. The molecule has 0 saturated heterocycles. The van der Waals surface area contributed by atoms with Crippen molar-refractivity contribution in [1.29, 1.82) is 0 Å². The van der Waals surface area contributed by atoms with Gasteiger partial charge in [0, 0.05) is 10.6 Å². The van der Waals surface area contributed by atoms with Gasteiger partial charge in [0.2, 0.25) is 0 Å². The predicted octanol–water partition coefficient (Wildman–Crippen LogP) is 3.26. The van der Waals surface area contributed by atoms with Crippen LogP contribution in [0.2, 0.25) is 5.02 Å². The van der Waals surface area contributed by atoms with Crippen LogP contribution in [0.25, 0.3) is 0 Å². The van der Waals surface area contributed by atoms with Crippen LogP contribution in [0, 0.1) is 0 Å². The van der Waals surface area contributed by atoms with Crippen molar-refractivity contribution < 1.29 is 9.90 Å². The zero-order valence-electron chi connectivity index (χ0n) is 9.01. The minimum atomic E-state index is -1.13. The molecule has 17 heavy (non-hydrogen) atoms. The van der Waals surface area contributed by atoms with E-state index in [0.717, 1.165) is 0 Å². The molecule has 0 amide bonds. The lowest BCUT2D eigenvalue weighted by Crippen LogP contribution is -2.11. The summed E-state index contributed by atoms with van der Waals surface area (Å²) in [6.45, 7) is 0. The van der Waals surface area contributed by atoms with E-state index in [4.69, 9.17) is 11.6 Å². The van der Waals surface area contributed by atoms with Crippen LogP contribution in [-0.4, -0.2) is 10.9 Å². The number of ketones is 1. The first kappa shape index (κ1) is 11.8. The van der Waals surface area contributed by atoms with Gasteiger partial charge >= 0.3 is 0 Å². The number of benzene rings is 2. The number of halogens is 1. The van der Waals surface area contributed by atoms with Gasteiger partial charge in [0.05, 0.1) is 0 Å². The summed E-state index contributed by atoms with van der Waals surface area (Å²) in [5, 5.41) is 10.5. The summed E-state index contributed by atoms with van der Waals surface area (Å²) in [6.07, 6.45) is -1.13. The van der Waals surface area contributed by atoms with Gasteiger partial charge in [0.1, 0.15) is 6.10 Å². The minimum Gasteiger partial charge on any atom is -0.380 e. The summed E-state index contributed by atoms with van der Waals surface area (Å²) >= 11 is 5.74. The van der Waals surface area contributed by atoms with Crippen LogP contribution >= 0.6 is 11.6 Å². The second-order valence-corrected chi connectivity index (χ2v) is 4.12. The molecule has 0 spiro atoms. The highest BCUT2D eigenvalue weighted by molar-refractivity contribution is 6.30. The molecule has 2 aromatic rings. The van der Waals surface area contributed by atoms with Crippen molar-refractivity contribution in [2.45, 2.75) is 6.10 Å². The highest BCUT2D eigenvalue weighted by Gasteiger charge is 2.18. The van der Waals surface area contributed by atoms with E-state index < -0.39 is 6.10 Å². The zero-order chi connectivity index (χ0) is 12.3. The van der Waals surface area contributed by atoms with E-state index in [9.17, 15) is 9.90 Å². The molecule has 0 fully saturated rings. The summed E-state index contributed by atoms with van der Waals surface area (Å²) in [4.78, 5) is 12.0. The van der Waals surface area contributed by atoms with Crippen LogP contribution in [0.1, 0.15) is 22.0 Å². The molecule has 0 aliphatic heterocycles. The van der Waals surface area contributed by atoms with E-state index in [1.165, 1.54) is 0 Å². The van der Waals surface area contributed by atoms with E-state index in [1.807, 2.05) is 6.07 Å². The maximum Gasteiger partial charge on any atom is 0.195 e. The average molecular weight is 247 g/mol. The van der Waals surface area contributed by atoms with Crippen molar-refractivity contribution in [3.8, 4) is 0 Å². The third-order valence-corrected chi connectivity index (χ3v) is 2.74. The van der Waals surface area contributed by atoms with Gasteiger partial charge in [-0.25, -0.2) is 0 Å². The Morgan fingerprint density at radius 1 is 1.00 bits per heavy atom. The Kier molecular flexibility index (Phi) is 3.57. The van der Waals surface area contributed by atoms with Crippen molar-refractivity contribution >= 4 is 17.4 Å². The number of rotatable bonds is 3. The fourth-order valence-corrected chi connectivity index (χ4v) is 1.68. The van der Waals surface area contributed by atoms with Crippen molar-refractivity contribution in [3.05, 3.63) is 70.7 Å². The van der Waals surface area contributed by atoms with Gasteiger partial charge in [0.25, 0.3) is 0 Å². The van der Waals surface area contributed by atoms with Gasteiger partial charge in [-0.1, -0.05) is 41.9 Å². The SMILES string of the molecule is O=C(c1ccc(Cl)cc1)[C@@H](O)c1ccccc1. The first-order chi connectivity index (χ1) is 8.18. The summed E-state index contributed by atoms with van der Waals surface area (Å²) in [5.41, 5.74) is 1.04. The third kappa shape index (κ3) is 2.73. The second-order valence-electron chi connectivity index (χ2n) is 3.68. The normalized spacial score (nSPS) is 12.1. The van der Waals surface area contributed by atoms with Crippen molar-refractivity contribution in [3.63, 3.8) is 0 Å². The maximum atomic E-state index is 12.0. The summed E-state index contributed by atoms with van der Waals surface area (Å²) in [6, 6.07) is 15.3. The Morgan fingerprint density at radius 3 is 2.18 bits per heavy atom. The molecule has 0 aliphatic rings. The molecule has 2 nitrogen and oxygen atoms in total. The third-order valence-electron chi connectivity index (χ3n) is 2.49. The van der Waals surface area contributed by atoms with Crippen molar-refractivity contribution in [2.24, 2.45) is 0 Å². The highest BCUT2D eigenvalue weighted by Crippen LogP contribution is 2.19. The average Bonchev–Trinajstić information content (AvgIpc) is 2.39. The van der Waals surface area contributed by atoms with Crippen LogP contribution in [0.15, 0.2) is 54.6 Å². The number of Topliss-reactive ketones (excluding diaryl/α,β-unsaturated/α-hetero) is 1. The molecule has 86 valence electrons. The van der Waals surface area contributed by atoms with Crippen molar-refractivity contribution in [1.82, 2.24) is 0 Å². The predicted molar refractivity (Wildman–Crippen MR) is 67.2 cm³/mol. The highest BCUT2D eigenvalue weighted by atomic mass is 35.5. The lowest BCUT2D eigenvalue weighted by molar-refractivity contribution is 0.0747. The van der Waals surface area contributed by atoms with Crippen LogP contribution in [-0.2, 0) is 0 Å². The van der Waals surface area contributed by atoms with E-state index in [-0.39, 0.29) is 5.78 Å². The van der Waals surface area contributed by atoms with E-state index in [1.54, 1.807) is 48.5 Å². The van der Waals surface area contributed by atoms with Gasteiger partial charge in [0.15, 0.2) is 5.78 Å². The summed E-state index contributed by atoms with van der Waals surface area (Å²) < 4.78 is 0. The maximum absolute atomic E-state index is 12.0. The van der Waals surface area contributed by atoms with E-state index >= 15 is 0 Å². The van der Waals surface area contributed by atoms with Gasteiger partial charge in [-0.2, -0.15) is 0 Å². The topological polar surface area (TPSA) is 37.3 Å². The van der Waals surface area contributed by atoms with Gasteiger partial charge < -0.3 is 5.11 Å². The lowest BCUT2D eigenvalue weighted by Gasteiger charge is -2.09. The second kappa shape index (κ2) is 5.13. The molecule has 0 aromatic heterocycles. The van der Waals surface area contributed by atoms with Crippen molar-refractivity contribution in [2.75, 3.05) is 0 Å². The molecule has 0 heterocycles. The number of carbonyl (C=O) groups excluding carboxylic acids is 1. The molecule has 0 unspecified atom stereocenters. The van der Waals surface area contributed by atoms with Crippen LogP contribution < -0.4 is 0 Å². The summed E-state index contributed by atoms with van der Waals surface area (Å²) in [7, 11) is 0. The van der Waals surface area contributed by atoms with Crippen LogP contribution in [0.5, 0.6) is 0 Å². The molecule has 0 aliphatic carbocycles. The van der Waals surface area contributed by atoms with Gasteiger partial charge in [-0.3, -0.25) is 4.79 Å². The molecule has 2 aromatic carbocycles. The molecule has 0 saturated carbocycles. The quantitative estimate of drug-likeness (QED) is 0.844. The van der Waals surface area contributed by atoms with Crippen LogP contribution in [0.4, 0.5) is 0 Å². The Labute approximate surface area is 104 Å². The molecular formula is C14H11ClO2. The van der Waals surface area contributed by atoms with Gasteiger partial charge in [-0.15, -0.1) is 0 Å². The fourth-order valence-electron chi connectivity index (χ4n) is 1.56. The first-order valence-corrected chi connectivity index (χ1v) is 5.59. The number of hydrogen-bond donors (Lipinski definition) is 1. The minimum absolute atomic E-state index is 0.326. The number of aliphatic hydroxyl groups excluding tert-OH is 1. The molecule has 1 N–H and O–H groups in total. The molecule has 0 bridgehead atoms. The van der Waals surface area contributed by atoms with E-state index in [0.29, 0.717) is 16.1 Å². The Hall–Kier alpha value is -1.64. The largest absolute Gasteiger partial charge is 0.380 e. The lowest BCUT2D eigenvalue weighted by atomic mass is 10.0. The molecule has 1 atom stereocenters. The number of aliphatic hydroxyl groups is 1.